The molecule has 9 heteroatoms. The zero-order valence-corrected chi connectivity index (χ0v) is 17.3. The maximum Gasteiger partial charge on any atom is 0.314 e. The van der Waals surface area contributed by atoms with Crippen molar-refractivity contribution in [1.29, 1.82) is 0 Å². The Morgan fingerprint density at radius 2 is 1.86 bits per heavy atom. The number of para-hydroxylation sites is 1. The highest BCUT2D eigenvalue weighted by molar-refractivity contribution is 7.90. The third-order valence-electron chi connectivity index (χ3n) is 4.53. The number of urea groups is 1. The summed E-state index contributed by atoms with van der Waals surface area (Å²) < 4.78 is 42.7. The number of sulfonamides is 1. The minimum Gasteiger partial charge on any atom is -0.341 e. The van der Waals surface area contributed by atoms with Gasteiger partial charge < -0.3 is 15.5 Å². The molecule has 0 aromatic heterocycles. The van der Waals surface area contributed by atoms with Crippen LogP contribution in [0.5, 0.6) is 0 Å². The van der Waals surface area contributed by atoms with Gasteiger partial charge in [-0.25, -0.2) is 9.18 Å². The molecule has 0 unspecified atom stereocenters. The molecule has 0 saturated carbocycles. The van der Waals surface area contributed by atoms with E-state index in [4.69, 9.17) is 0 Å². The summed E-state index contributed by atoms with van der Waals surface area (Å²) >= 11 is 0. The molecule has 154 valence electrons. The first kappa shape index (κ1) is 20.8. The van der Waals surface area contributed by atoms with Gasteiger partial charge in [-0.15, -0.1) is 4.40 Å². The van der Waals surface area contributed by atoms with Crippen molar-refractivity contribution in [2.75, 3.05) is 25.0 Å². The highest BCUT2D eigenvalue weighted by Crippen LogP contribution is 2.32. The molecule has 2 aromatic carbocycles. The average molecular weight is 418 g/mol. The number of hydrogen-bond acceptors (Lipinski definition) is 4. The first-order chi connectivity index (χ1) is 13.6. The summed E-state index contributed by atoms with van der Waals surface area (Å²) in [6, 6.07) is 12.6. The second-order valence-electron chi connectivity index (χ2n) is 7.55. The van der Waals surface area contributed by atoms with E-state index < -0.39 is 21.3 Å². The fourth-order valence-electron chi connectivity index (χ4n) is 3.09. The molecule has 0 fully saturated rings. The van der Waals surface area contributed by atoms with Gasteiger partial charge in [-0.1, -0.05) is 32.0 Å². The van der Waals surface area contributed by atoms with Crippen LogP contribution in [0.2, 0.25) is 0 Å². The Morgan fingerprint density at radius 3 is 2.52 bits per heavy atom. The van der Waals surface area contributed by atoms with Crippen molar-refractivity contribution in [1.82, 2.24) is 10.6 Å². The molecule has 0 bridgehead atoms. The smallest absolute Gasteiger partial charge is 0.314 e. The van der Waals surface area contributed by atoms with E-state index in [2.05, 4.69) is 15.0 Å². The molecule has 0 saturated heterocycles. The second kappa shape index (κ2) is 7.82. The Morgan fingerprint density at radius 1 is 1.17 bits per heavy atom. The molecule has 1 aliphatic heterocycles. The molecule has 2 amide bonds. The van der Waals surface area contributed by atoms with Crippen LogP contribution in [-0.4, -0.2) is 40.4 Å². The van der Waals surface area contributed by atoms with Crippen molar-refractivity contribution in [2.24, 2.45) is 9.81 Å². The zero-order chi connectivity index (χ0) is 21.2. The molecule has 7 nitrogen and oxygen atoms in total. The second-order valence-corrected chi connectivity index (χ2v) is 9.12. The van der Waals surface area contributed by atoms with Gasteiger partial charge in [0.1, 0.15) is 10.7 Å². The van der Waals surface area contributed by atoms with Crippen molar-refractivity contribution in [2.45, 2.75) is 18.7 Å². The van der Waals surface area contributed by atoms with Gasteiger partial charge in [0.15, 0.2) is 5.84 Å². The maximum atomic E-state index is 13.7. The topological polar surface area (TPSA) is 90.9 Å². The van der Waals surface area contributed by atoms with Gasteiger partial charge in [-0.3, -0.25) is 0 Å². The van der Waals surface area contributed by atoms with Gasteiger partial charge in [-0.2, -0.15) is 8.42 Å². The van der Waals surface area contributed by atoms with E-state index in [1.807, 2.05) is 44.2 Å². The number of rotatable bonds is 5. The predicted molar refractivity (Wildman–Crippen MR) is 110 cm³/mol. The van der Waals surface area contributed by atoms with Crippen LogP contribution in [0.4, 0.5) is 14.9 Å². The van der Waals surface area contributed by atoms with Crippen molar-refractivity contribution in [3.8, 4) is 0 Å². The lowest BCUT2D eigenvalue weighted by molar-refractivity contribution is 0.236. The Labute approximate surface area is 169 Å². The van der Waals surface area contributed by atoms with Crippen LogP contribution in [-0.2, 0) is 10.0 Å². The number of carbonyl (C=O) groups is 1. The monoisotopic (exact) mass is 418 g/mol. The van der Waals surface area contributed by atoms with Gasteiger partial charge >= 0.3 is 6.03 Å². The van der Waals surface area contributed by atoms with E-state index in [-0.39, 0.29) is 16.8 Å². The van der Waals surface area contributed by atoms with E-state index in [9.17, 15) is 17.6 Å². The quantitative estimate of drug-likeness (QED) is 0.781. The molecule has 3 rings (SSSR count). The number of fused-ring (bicyclic) bond motifs is 1. The lowest BCUT2D eigenvalue weighted by Crippen LogP contribution is -2.46. The Bertz CT molecular complexity index is 1050. The first-order valence-electron chi connectivity index (χ1n) is 9.06. The van der Waals surface area contributed by atoms with Crippen molar-refractivity contribution in [3.05, 3.63) is 59.9 Å². The number of hydrogen-bond donors (Lipinski definition) is 2. The Hall–Kier alpha value is -2.94. The SMILES string of the molecule is CNC(=O)NCC(C)(C)CN(C1=NS(=O)(=O)c2cc(F)ccc21)c1ccccc1. The lowest BCUT2D eigenvalue weighted by Gasteiger charge is -2.34. The van der Waals surface area contributed by atoms with E-state index in [0.717, 1.165) is 11.8 Å². The van der Waals surface area contributed by atoms with Gasteiger partial charge in [0.05, 0.1) is 0 Å². The third-order valence-corrected chi connectivity index (χ3v) is 5.84. The van der Waals surface area contributed by atoms with Crippen molar-refractivity contribution < 1.29 is 17.6 Å². The molecule has 0 atom stereocenters. The summed E-state index contributed by atoms with van der Waals surface area (Å²) in [5.41, 5.74) is 0.661. The van der Waals surface area contributed by atoms with E-state index in [0.29, 0.717) is 18.7 Å². The largest absolute Gasteiger partial charge is 0.341 e. The molecular weight excluding hydrogens is 395 g/mol. The van der Waals surface area contributed by atoms with E-state index in [1.165, 1.54) is 19.2 Å². The lowest BCUT2D eigenvalue weighted by atomic mass is 9.92. The molecular formula is C20H23FN4O3S. The fraction of sp³-hybridized carbons (Fsp3) is 0.300. The molecule has 2 aromatic rings. The average Bonchev–Trinajstić information content (AvgIpc) is 2.95. The zero-order valence-electron chi connectivity index (χ0n) is 16.4. The summed E-state index contributed by atoms with van der Waals surface area (Å²) in [5, 5.41) is 5.28. The summed E-state index contributed by atoms with van der Waals surface area (Å²) in [6.45, 7) is 4.63. The number of carbonyl (C=O) groups excluding carboxylic acids is 1. The van der Waals surface area contributed by atoms with Crippen molar-refractivity contribution in [3.63, 3.8) is 0 Å². The fourth-order valence-corrected chi connectivity index (χ4v) is 4.31. The maximum absolute atomic E-state index is 13.7. The Kier molecular flexibility index (Phi) is 5.61. The van der Waals surface area contributed by atoms with Crippen LogP contribution in [0.3, 0.4) is 0 Å². The number of amides is 2. The normalized spacial score (nSPS) is 14.7. The number of anilines is 1. The van der Waals surface area contributed by atoms with Crippen LogP contribution in [0, 0.1) is 11.2 Å². The molecule has 2 N–H and O–H groups in total. The van der Waals surface area contributed by atoms with E-state index >= 15 is 0 Å². The summed E-state index contributed by atoms with van der Waals surface area (Å²) in [5.74, 6) is -0.399. The molecule has 0 spiro atoms. The summed E-state index contributed by atoms with van der Waals surface area (Å²) in [6.07, 6.45) is 0. The third kappa shape index (κ3) is 4.56. The molecule has 0 aliphatic carbocycles. The molecule has 29 heavy (non-hydrogen) atoms. The van der Waals surface area contributed by atoms with Gasteiger partial charge in [0, 0.05) is 36.8 Å². The summed E-state index contributed by atoms with van der Waals surface area (Å²) in [4.78, 5) is 13.2. The van der Waals surface area contributed by atoms with Crippen LogP contribution < -0.4 is 15.5 Å². The van der Waals surface area contributed by atoms with Crippen molar-refractivity contribution >= 4 is 27.6 Å². The van der Waals surface area contributed by atoms with Gasteiger partial charge in [-0.05, 0) is 30.3 Å². The highest BCUT2D eigenvalue weighted by atomic mass is 32.2. The minimum atomic E-state index is -3.99. The summed E-state index contributed by atoms with van der Waals surface area (Å²) in [7, 11) is -2.45. The Balaban J connectivity index is 2.02. The number of nitrogens with one attached hydrogen (secondary N) is 2. The number of benzene rings is 2. The van der Waals surface area contributed by atoms with Gasteiger partial charge in [0.25, 0.3) is 10.0 Å². The molecule has 1 heterocycles. The highest BCUT2D eigenvalue weighted by Gasteiger charge is 2.35. The van der Waals surface area contributed by atoms with Crippen LogP contribution >= 0.6 is 0 Å². The van der Waals surface area contributed by atoms with Gasteiger partial charge in [0.2, 0.25) is 0 Å². The standard InChI is InChI=1S/C20H23FN4O3S/c1-20(2,12-23-19(26)22-3)13-25(15-7-5-4-6-8-15)18-16-10-9-14(21)11-17(16)29(27,28)24-18/h4-11H,12-13H2,1-3H3,(H2,22,23,26). The first-order valence-corrected chi connectivity index (χ1v) is 10.5. The number of nitrogens with zero attached hydrogens (tertiary/aromatic N) is 2. The molecule has 0 radical (unpaired) electrons. The number of halogens is 1. The number of amidine groups is 1. The van der Waals surface area contributed by atoms with Crippen LogP contribution in [0.25, 0.3) is 0 Å². The van der Waals surface area contributed by atoms with E-state index in [1.54, 1.807) is 4.90 Å². The minimum absolute atomic E-state index is 0.144. The molecule has 1 aliphatic rings. The van der Waals surface area contributed by atoms with Crippen LogP contribution in [0.15, 0.2) is 57.8 Å². The predicted octanol–water partition coefficient (Wildman–Crippen LogP) is 2.74. The van der Waals surface area contributed by atoms with Crippen LogP contribution in [0.1, 0.15) is 19.4 Å².